The summed E-state index contributed by atoms with van der Waals surface area (Å²) >= 11 is 5.99. The Labute approximate surface area is 119 Å². The molecule has 0 fully saturated rings. The molecule has 0 aromatic carbocycles. The quantitative estimate of drug-likeness (QED) is 0.685. The maximum absolute atomic E-state index is 5.99. The fraction of sp³-hybridized carbons (Fsp3) is 0.462. The molecule has 0 unspecified atom stereocenters. The molecule has 0 amide bonds. The van der Waals surface area contributed by atoms with Gasteiger partial charge in [0.25, 0.3) is 0 Å². The summed E-state index contributed by atoms with van der Waals surface area (Å²) in [5.74, 6) is 1.14. The molecule has 0 bridgehead atoms. The Morgan fingerprint density at radius 2 is 1.42 bits per heavy atom. The Balaban J connectivity index is 3.12. The van der Waals surface area contributed by atoms with Crippen LogP contribution in [0.3, 0.4) is 0 Å². The lowest BCUT2D eigenvalue weighted by molar-refractivity contribution is 0.795. The van der Waals surface area contributed by atoms with Gasteiger partial charge in [0.2, 0.25) is 17.2 Å². The van der Waals surface area contributed by atoms with Crippen LogP contribution in [0, 0.1) is 0 Å². The highest BCUT2D eigenvalue weighted by Gasteiger charge is 2.13. The zero-order valence-electron chi connectivity index (χ0n) is 11.5. The Morgan fingerprint density at radius 1 is 0.947 bits per heavy atom. The van der Waals surface area contributed by atoms with Gasteiger partial charge in [0.15, 0.2) is 0 Å². The molecule has 6 heteroatoms. The van der Waals surface area contributed by atoms with E-state index in [-0.39, 0.29) is 5.28 Å². The van der Waals surface area contributed by atoms with Crippen LogP contribution in [0.25, 0.3) is 0 Å². The normalized spacial score (nSPS) is 10.1. The van der Waals surface area contributed by atoms with Crippen LogP contribution >= 0.6 is 11.6 Å². The number of halogens is 1. The van der Waals surface area contributed by atoms with Gasteiger partial charge in [0.1, 0.15) is 0 Å². The van der Waals surface area contributed by atoms with E-state index in [2.05, 4.69) is 28.1 Å². The minimum absolute atomic E-state index is 0.199. The summed E-state index contributed by atoms with van der Waals surface area (Å²) in [6, 6.07) is 0. The first-order chi connectivity index (χ1) is 9.15. The largest absolute Gasteiger partial charge is 0.341 e. The van der Waals surface area contributed by atoms with Crippen LogP contribution in [0.15, 0.2) is 25.3 Å². The van der Waals surface area contributed by atoms with E-state index >= 15 is 0 Å². The molecule has 0 aliphatic carbocycles. The zero-order valence-corrected chi connectivity index (χ0v) is 12.3. The van der Waals surface area contributed by atoms with Crippen LogP contribution in [0.5, 0.6) is 0 Å². The molecule has 0 saturated heterocycles. The average molecular weight is 282 g/mol. The number of rotatable bonds is 8. The molecule has 0 radical (unpaired) electrons. The zero-order chi connectivity index (χ0) is 14.3. The monoisotopic (exact) mass is 281 g/mol. The summed E-state index contributed by atoms with van der Waals surface area (Å²) in [5, 5.41) is 0.199. The van der Waals surface area contributed by atoms with Gasteiger partial charge in [-0.1, -0.05) is 12.2 Å². The van der Waals surface area contributed by atoms with Crippen LogP contribution in [0.4, 0.5) is 11.9 Å². The number of hydrogen-bond donors (Lipinski definition) is 0. The molecule has 1 heterocycles. The van der Waals surface area contributed by atoms with Crippen LogP contribution in [0.2, 0.25) is 5.28 Å². The van der Waals surface area contributed by atoms with E-state index < -0.39 is 0 Å². The van der Waals surface area contributed by atoms with Crippen molar-refractivity contribution in [3.8, 4) is 0 Å². The minimum atomic E-state index is 0.199. The molecule has 19 heavy (non-hydrogen) atoms. The molecule has 1 aromatic heterocycles. The van der Waals surface area contributed by atoms with Gasteiger partial charge in [-0.2, -0.15) is 15.0 Å². The summed E-state index contributed by atoms with van der Waals surface area (Å²) in [6.07, 6.45) is 3.58. The van der Waals surface area contributed by atoms with Gasteiger partial charge in [-0.15, -0.1) is 13.2 Å². The topological polar surface area (TPSA) is 45.2 Å². The number of hydrogen-bond acceptors (Lipinski definition) is 5. The summed E-state index contributed by atoms with van der Waals surface area (Å²) in [4.78, 5) is 16.8. The fourth-order valence-electron chi connectivity index (χ4n) is 1.67. The van der Waals surface area contributed by atoms with Crippen molar-refractivity contribution in [2.45, 2.75) is 13.8 Å². The standard InChI is InChI=1S/C13H20ClN5/c1-5-9-19(10-6-2)13-16-11(14)15-12(17-13)18(7-3)8-4/h5-6H,1-2,7-10H2,3-4H3. The average Bonchev–Trinajstić information content (AvgIpc) is 2.39. The summed E-state index contributed by atoms with van der Waals surface area (Å²) in [7, 11) is 0. The van der Waals surface area contributed by atoms with E-state index in [1.165, 1.54) is 0 Å². The van der Waals surface area contributed by atoms with Crippen molar-refractivity contribution in [3.05, 3.63) is 30.6 Å². The van der Waals surface area contributed by atoms with Gasteiger partial charge in [0.05, 0.1) is 0 Å². The first-order valence-corrected chi connectivity index (χ1v) is 6.67. The van der Waals surface area contributed by atoms with E-state index in [0.29, 0.717) is 25.0 Å². The summed E-state index contributed by atoms with van der Waals surface area (Å²) in [5.41, 5.74) is 0. The third kappa shape index (κ3) is 4.21. The lowest BCUT2D eigenvalue weighted by Gasteiger charge is -2.23. The Hall–Kier alpha value is -1.62. The van der Waals surface area contributed by atoms with Crippen molar-refractivity contribution < 1.29 is 0 Å². The maximum atomic E-state index is 5.99. The lowest BCUT2D eigenvalue weighted by atomic mass is 10.4. The third-order valence-corrected chi connectivity index (χ3v) is 2.78. The number of nitrogens with zero attached hydrogens (tertiary/aromatic N) is 5. The predicted molar refractivity (Wildman–Crippen MR) is 81.0 cm³/mol. The van der Waals surface area contributed by atoms with E-state index in [9.17, 15) is 0 Å². The molecule has 0 spiro atoms. The van der Waals surface area contributed by atoms with Gasteiger partial charge in [-0.25, -0.2) is 0 Å². The fourth-order valence-corrected chi connectivity index (χ4v) is 1.82. The van der Waals surface area contributed by atoms with Crippen LogP contribution in [-0.4, -0.2) is 41.1 Å². The molecule has 104 valence electrons. The molecule has 1 rings (SSSR count). The van der Waals surface area contributed by atoms with Gasteiger partial charge in [0, 0.05) is 26.2 Å². The van der Waals surface area contributed by atoms with Crippen molar-refractivity contribution in [1.82, 2.24) is 15.0 Å². The highest BCUT2D eigenvalue weighted by Crippen LogP contribution is 2.16. The minimum Gasteiger partial charge on any atom is -0.341 e. The van der Waals surface area contributed by atoms with Crippen LogP contribution in [0.1, 0.15) is 13.8 Å². The molecule has 0 saturated carbocycles. The molecular formula is C13H20ClN5. The van der Waals surface area contributed by atoms with E-state index in [4.69, 9.17) is 11.6 Å². The maximum Gasteiger partial charge on any atom is 0.232 e. The highest BCUT2D eigenvalue weighted by molar-refractivity contribution is 6.28. The summed E-state index contributed by atoms with van der Waals surface area (Å²) in [6.45, 7) is 14.5. The Morgan fingerprint density at radius 3 is 1.84 bits per heavy atom. The van der Waals surface area contributed by atoms with Gasteiger partial charge >= 0.3 is 0 Å². The molecule has 0 N–H and O–H groups in total. The van der Waals surface area contributed by atoms with E-state index in [1.54, 1.807) is 12.2 Å². The van der Waals surface area contributed by atoms with Gasteiger partial charge in [-0.05, 0) is 25.4 Å². The molecular weight excluding hydrogens is 262 g/mol. The van der Waals surface area contributed by atoms with Crippen molar-refractivity contribution in [3.63, 3.8) is 0 Å². The number of anilines is 2. The van der Waals surface area contributed by atoms with Crippen molar-refractivity contribution in [2.24, 2.45) is 0 Å². The SMILES string of the molecule is C=CCN(CC=C)c1nc(Cl)nc(N(CC)CC)n1. The molecule has 0 atom stereocenters. The van der Waals surface area contributed by atoms with E-state index in [0.717, 1.165) is 13.1 Å². The molecule has 1 aromatic rings. The van der Waals surface area contributed by atoms with Crippen LogP contribution in [-0.2, 0) is 0 Å². The van der Waals surface area contributed by atoms with Crippen molar-refractivity contribution >= 4 is 23.5 Å². The molecule has 0 aliphatic rings. The summed E-state index contributed by atoms with van der Waals surface area (Å²) < 4.78 is 0. The van der Waals surface area contributed by atoms with Crippen LogP contribution < -0.4 is 9.80 Å². The first-order valence-electron chi connectivity index (χ1n) is 6.29. The second-order valence-electron chi connectivity index (χ2n) is 3.86. The predicted octanol–water partition coefficient (Wildman–Crippen LogP) is 2.55. The van der Waals surface area contributed by atoms with Crippen molar-refractivity contribution in [2.75, 3.05) is 36.0 Å². The Bertz CT molecular complexity index is 421. The molecule has 0 aliphatic heterocycles. The smallest absolute Gasteiger partial charge is 0.232 e. The molecule has 5 nitrogen and oxygen atoms in total. The van der Waals surface area contributed by atoms with E-state index in [1.807, 2.05) is 23.6 Å². The second kappa shape index (κ2) is 7.74. The first kappa shape index (κ1) is 15.4. The lowest BCUT2D eigenvalue weighted by Crippen LogP contribution is -2.29. The Kier molecular flexibility index (Phi) is 6.29. The van der Waals surface area contributed by atoms with Crippen molar-refractivity contribution in [1.29, 1.82) is 0 Å². The van der Waals surface area contributed by atoms with Gasteiger partial charge in [-0.3, -0.25) is 0 Å². The second-order valence-corrected chi connectivity index (χ2v) is 4.20. The third-order valence-electron chi connectivity index (χ3n) is 2.61. The highest BCUT2D eigenvalue weighted by atomic mass is 35.5. The van der Waals surface area contributed by atoms with Gasteiger partial charge < -0.3 is 9.80 Å². The number of aromatic nitrogens is 3.